The molecular formula is C28H26ClN3O3. The van der Waals surface area contributed by atoms with Crippen molar-refractivity contribution in [3.63, 3.8) is 0 Å². The first-order valence-corrected chi connectivity index (χ1v) is 12.2. The van der Waals surface area contributed by atoms with Crippen molar-refractivity contribution >= 4 is 45.8 Å². The molecule has 0 fully saturated rings. The molecule has 5 rings (SSSR count). The number of nitrogens with one attached hydrogen (secondary N) is 2. The first-order chi connectivity index (χ1) is 17.0. The van der Waals surface area contributed by atoms with Crippen molar-refractivity contribution in [2.45, 2.75) is 19.4 Å². The smallest absolute Gasteiger partial charge is 0.338 e. The number of hydrogen-bond donors (Lipinski definition) is 2. The number of benzene rings is 3. The normalized spacial score (nSPS) is 15.3. The van der Waals surface area contributed by atoms with Crippen LogP contribution in [0.1, 0.15) is 34.1 Å². The van der Waals surface area contributed by atoms with E-state index in [9.17, 15) is 9.59 Å². The number of carbonyl (C=O) groups is 2. The van der Waals surface area contributed by atoms with Crippen LogP contribution in [0.4, 0.5) is 11.4 Å². The van der Waals surface area contributed by atoms with Gasteiger partial charge in [0.25, 0.3) is 5.91 Å². The number of aromatic amines is 1. The van der Waals surface area contributed by atoms with Crippen LogP contribution in [0.15, 0.2) is 72.9 Å². The van der Waals surface area contributed by atoms with Crippen LogP contribution in [-0.4, -0.2) is 41.9 Å². The number of carbonyl (C=O) groups excluding carboxylic acids is 2. The van der Waals surface area contributed by atoms with Crippen LogP contribution in [0.3, 0.4) is 0 Å². The van der Waals surface area contributed by atoms with Gasteiger partial charge in [-0.2, -0.15) is 0 Å². The van der Waals surface area contributed by atoms with E-state index < -0.39 is 5.97 Å². The Morgan fingerprint density at radius 1 is 1.09 bits per heavy atom. The molecule has 1 aromatic heterocycles. The van der Waals surface area contributed by atoms with Gasteiger partial charge in [-0.1, -0.05) is 24.3 Å². The molecule has 35 heavy (non-hydrogen) atoms. The number of anilines is 2. The van der Waals surface area contributed by atoms with Crippen LogP contribution in [0.2, 0.25) is 0 Å². The molecule has 6 nitrogen and oxygen atoms in total. The highest BCUT2D eigenvalue weighted by atomic mass is 35.5. The molecule has 2 N–H and O–H groups in total. The van der Waals surface area contributed by atoms with Gasteiger partial charge in [-0.3, -0.25) is 4.79 Å². The maximum atomic E-state index is 13.7. The third kappa shape index (κ3) is 4.62. The Bertz CT molecular complexity index is 1400. The molecule has 2 heterocycles. The molecule has 178 valence electrons. The summed E-state index contributed by atoms with van der Waals surface area (Å²) >= 11 is 5.75. The second kappa shape index (κ2) is 9.84. The maximum absolute atomic E-state index is 13.7. The molecule has 1 aliphatic heterocycles. The molecule has 0 saturated carbocycles. The number of aromatic nitrogens is 1. The van der Waals surface area contributed by atoms with E-state index in [-0.39, 0.29) is 24.4 Å². The third-order valence-electron chi connectivity index (χ3n) is 6.29. The number of hydrogen-bond acceptors (Lipinski definition) is 4. The fourth-order valence-electron chi connectivity index (χ4n) is 4.51. The van der Waals surface area contributed by atoms with Gasteiger partial charge in [-0.25, -0.2) is 4.79 Å². The van der Waals surface area contributed by atoms with Gasteiger partial charge in [0, 0.05) is 29.9 Å². The largest absolute Gasteiger partial charge is 0.461 e. The second-order valence-electron chi connectivity index (χ2n) is 8.67. The highest BCUT2D eigenvalue weighted by Gasteiger charge is 2.26. The lowest BCUT2D eigenvalue weighted by Gasteiger charge is -2.23. The summed E-state index contributed by atoms with van der Waals surface area (Å²) in [6, 6.07) is 21.2. The van der Waals surface area contributed by atoms with Gasteiger partial charge in [0.05, 0.1) is 22.8 Å². The summed E-state index contributed by atoms with van der Waals surface area (Å²) in [7, 11) is 0. The zero-order valence-corrected chi connectivity index (χ0v) is 20.1. The van der Waals surface area contributed by atoms with Gasteiger partial charge in [0.15, 0.2) is 0 Å². The lowest BCUT2D eigenvalue weighted by molar-refractivity contribution is 0.0530. The van der Waals surface area contributed by atoms with E-state index in [4.69, 9.17) is 16.3 Å². The molecule has 0 unspecified atom stereocenters. The van der Waals surface area contributed by atoms with Gasteiger partial charge in [0.2, 0.25) is 0 Å². The number of esters is 1. The lowest BCUT2D eigenvalue weighted by atomic mass is 9.96. The lowest BCUT2D eigenvalue weighted by Crippen LogP contribution is -2.32. The molecule has 0 bridgehead atoms. The third-order valence-corrected chi connectivity index (χ3v) is 6.44. The summed E-state index contributed by atoms with van der Waals surface area (Å²) < 4.78 is 5.37. The number of H-pyrrole nitrogens is 1. The SMILES string of the molecule is C[C@H]1CCN(C(=O)c2ccc(-c3ccc4[nH]ccc4c3)c(C(=O)OCCCl)c2)c2ccccc2N1. The fraction of sp³-hybridized carbons (Fsp3) is 0.214. The van der Waals surface area contributed by atoms with Crippen molar-refractivity contribution in [2.24, 2.45) is 0 Å². The average Bonchev–Trinajstić information content (AvgIpc) is 3.28. The van der Waals surface area contributed by atoms with E-state index in [0.717, 1.165) is 34.3 Å². The van der Waals surface area contributed by atoms with Crippen LogP contribution < -0.4 is 10.2 Å². The van der Waals surface area contributed by atoms with Gasteiger partial charge in [-0.05, 0) is 72.3 Å². The topological polar surface area (TPSA) is 74.4 Å². The fourth-order valence-corrected chi connectivity index (χ4v) is 4.58. The van der Waals surface area contributed by atoms with Gasteiger partial charge >= 0.3 is 5.97 Å². The Morgan fingerprint density at radius 3 is 2.80 bits per heavy atom. The van der Waals surface area contributed by atoms with Crippen molar-refractivity contribution in [2.75, 3.05) is 29.2 Å². The zero-order valence-electron chi connectivity index (χ0n) is 19.4. The van der Waals surface area contributed by atoms with Crippen LogP contribution in [-0.2, 0) is 4.74 Å². The Labute approximate surface area is 208 Å². The molecule has 1 amide bonds. The van der Waals surface area contributed by atoms with Crippen molar-refractivity contribution in [1.29, 1.82) is 0 Å². The van der Waals surface area contributed by atoms with Crippen LogP contribution in [0.25, 0.3) is 22.0 Å². The molecular weight excluding hydrogens is 462 g/mol. The van der Waals surface area contributed by atoms with E-state index >= 15 is 0 Å². The van der Waals surface area contributed by atoms with E-state index in [2.05, 4.69) is 17.2 Å². The summed E-state index contributed by atoms with van der Waals surface area (Å²) in [6.07, 6.45) is 2.68. The minimum atomic E-state index is -0.504. The standard InChI is InChI=1S/C28H26ClN3O3/c1-18-11-14-32(26-5-3-2-4-25(26)31-18)27(33)21-6-8-22(23(17-21)28(34)35-15-12-29)19-7-9-24-20(16-19)10-13-30-24/h2-10,13,16-18,30-31H,11-12,14-15H2,1H3/t18-/m0/s1. The molecule has 1 aliphatic rings. The van der Waals surface area contributed by atoms with Gasteiger partial charge in [0.1, 0.15) is 6.61 Å². The van der Waals surface area contributed by atoms with E-state index in [1.54, 1.807) is 17.0 Å². The number of alkyl halides is 1. The number of ether oxygens (including phenoxy) is 1. The molecule has 3 aromatic carbocycles. The zero-order chi connectivity index (χ0) is 24.4. The van der Waals surface area contributed by atoms with E-state index in [0.29, 0.717) is 23.2 Å². The number of rotatable bonds is 5. The number of fused-ring (bicyclic) bond motifs is 2. The second-order valence-corrected chi connectivity index (χ2v) is 9.05. The summed E-state index contributed by atoms with van der Waals surface area (Å²) in [5.41, 5.74) is 5.10. The number of halogens is 1. The van der Waals surface area contributed by atoms with E-state index in [1.807, 2.05) is 60.8 Å². The highest BCUT2D eigenvalue weighted by Crippen LogP contribution is 2.33. The monoisotopic (exact) mass is 487 g/mol. The molecule has 7 heteroatoms. The summed E-state index contributed by atoms with van der Waals surface area (Å²) in [5, 5.41) is 4.50. The summed E-state index contributed by atoms with van der Waals surface area (Å²) in [4.78, 5) is 31.7. The van der Waals surface area contributed by atoms with Crippen molar-refractivity contribution in [1.82, 2.24) is 4.98 Å². The van der Waals surface area contributed by atoms with Gasteiger partial charge in [-0.15, -0.1) is 11.6 Å². The Kier molecular flexibility index (Phi) is 6.47. The summed E-state index contributed by atoms with van der Waals surface area (Å²) in [5.74, 6) is -0.464. The first-order valence-electron chi connectivity index (χ1n) is 11.7. The molecule has 4 aromatic rings. The molecule has 1 atom stereocenters. The molecule has 0 saturated heterocycles. The number of para-hydroxylation sites is 2. The van der Waals surface area contributed by atoms with Crippen LogP contribution in [0.5, 0.6) is 0 Å². The Hall–Kier alpha value is -3.77. The van der Waals surface area contributed by atoms with Crippen molar-refractivity contribution in [3.8, 4) is 11.1 Å². The first kappa shape index (κ1) is 23.0. The highest BCUT2D eigenvalue weighted by molar-refractivity contribution is 6.18. The molecule has 0 spiro atoms. The predicted molar refractivity (Wildman–Crippen MR) is 141 cm³/mol. The average molecular weight is 488 g/mol. The number of amides is 1. The van der Waals surface area contributed by atoms with Crippen LogP contribution >= 0.6 is 11.6 Å². The summed E-state index contributed by atoms with van der Waals surface area (Å²) in [6.45, 7) is 2.77. The molecule has 0 radical (unpaired) electrons. The Balaban J connectivity index is 1.56. The molecule has 0 aliphatic carbocycles. The quantitative estimate of drug-likeness (QED) is 0.264. The van der Waals surface area contributed by atoms with Gasteiger partial charge < -0.3 is 19.9 Å². The minimum Gasteiger partial charge on any atom is -0.461 e. The number of nitrogens with zero attached hydrogens (tertiary/aromatic N) is 1. The predicted octanol–water partition coefficient (Wildman–Crippen LogP) is 6.08. The van der Waals surface area contributed by atoms with Crippen LogP contribution in [0, 0.1) is 0 Å². The minimum absolute atomic E-state index is 0.0951. The Morgan fingerprint density at radius 2 is 1.94 bits per heavy atom. The maximum Gasteiger partial charge on any atom is 0.338 e. The van der Waals surface area contributed by atoms with E-state index in [1.165, 1.54) is 0 Å². The van der Waals surface area contributed by atoms with Crippen molar-refractivity contribution in [3.05, 3.63) is 84.1 Å². The van der Waals surface area contributed by atoms with Crippen molar-refractivity contribution < 1.29 is 14.3 Å².